The summed E-state index contributed by atoms with van der Waals surface area (Å²) >= 11 is 0. The summed E-state index contributed by atoms with van der Waals surface area (Å²) in [6, 6.07) is 3.18. The number of hydrogen-bond donors (Lipinski definition) is 7. The fraction of sp³-hybridized carbons (Fsp3) is 0.462. The van der Waals surface area contributed by atoms with Crippen molar-refractivity contribution in [3.05, 3.63) is 18.2 Å². The molecule has 0 aliphatic carbocycles. The lowest BCUT2D eigenvalue weighted by atomic mass is 10.2. The van der Waals surface area contributed by atoms with E-state index < -0.39 is 17.9 Å². The van der Waals surface area contributed by atoms with Crippen LogP contribution in [0.5, 0.6) is 17.2 Å². The fourth-order valence-electron chi connectivity index (χ4n) is 1.05. The maximum Gasteiger partial charge on any atom is 0.309 e. The van der Waals surface area contributed by atoms with E-state index in [1.807, 2.05) is 0 Å². The number of hydrogen-bond acceptors (Lipinski definition) is 6. The number of carbonyl (C=O) groups excluding carboxylic acids is 1. The van der Waals surface area contributed by atoms with Crippen molar-refractivity contribution in [2.75, 3.05) is 6.61 Å². The number of phenols is 3. The number of primary amides is 2. The number of aromatic hydroxyl groups is 3. The summed E-state index contributed by atoms with van der Waals surface area (Å²) in [6.07, 6.45) is 2.32. The summed E-state index contributed by atoms with van der Waals surface area (Å²) in [4.78, 5) is 9.00. The summed E-state index contributed by atoms with van der Waals surface area (Å²) in [6.45, 7) is 1.96. The molecule has 0 aliphatic rings. The van der Waals surface area contributed by atoms with Crippen molar-refractivity contribution in [1.29, 1.82) is 0 Å². The molecule has 122 valence electrons. The first kappa shape index (κ1) is 21.1. The van der Waals surface area contributed by atoms with E-state index in [2.05, 4.69) is 18.4 Å². The van der Waals surface area contributed by atoms with Crippen LogP contribution in [0, 0.1) is 0 Å². The normalized spacial score (nSPS) is 10.4. The zero-order chi connectivity index (χ0) is 16.8. The average Bonchev–Trinajstić information content (AvgIpc) is 2.42. The Balaban J connectivity index is 0. The third-order valence-corrected chi connectivity index (χ3v) is 2.10. The molecule has 0 aromatic heterocycles. The zero-order valence-corrected chi connectivity index (χ0v) is 11.9. The van der Waals surface area contributed by atoms with Crippen LogP contribution in [0.2, 0.25) is 0 Å². The molecule has 1 aromatic carbocycles. The molecule has 0 fully saturated rings. The van der Waals surface area contributed by atoms with E-state index in [-0.39, 0.29) is 18.1 Å². The lowest BCUT2D eigenvalue weighted by Crippen LogP contribution is -2.18. The van der Waals surface area contributed by atoms with E-state index in [1.54, 1.807) is 0 Å². The molecule has 0 saturated carbocycles. The van der Waals surface area contributed by atoms with Crippen LogP contribution in [0.15, 0.2) is 18.2 Å². The number of rotatable bonds is 4. The minimum atomic E-state index is -0.833. The largest absolute Gasteiger partial charge is 0.504 e. The number of urea groups is 1. The van der Waals surface area contributed by atoms with Crippen LogP contribution in [0.25, 0.3) is 0 Å². The summed E-state index contributed by atoms with van der Waals surface area (Å²) < 4.78 is 0. The second kappa shape index (κ2) is 12.8. The van der Waals surface area contributed by atoms with Gasteiger partial charge in [0.05, 0.1) is 12.7 Å². The Bertz CT molecular complexity index is 376. The Kier molecular flexibility index (Phi) is 12.9. The van der Waals surface area contributed by atoms with Gasteiger partial charge in [-0.25, -0.2) is 4.79 Å². The van der Waals surface area contributed by atoms with E-state index in [9.17, 15) is 0 Å². The van der Waals surface area contributed by atoms with Crippen LogP contribution in [-0.4, -0.2) is 44.3 Å². The molecule has 8 heteroatoms. The molecule has 1 rings (SSSR count). The molecule has 0 heterocycles. The minimum absolute atomic E-state index is 0.0972. The first-order valence-corrected chi connectivity index (χ1v) is 6.29. The highest BCUT2D eigenvalue weighted by Crippen LogP contribution is 2.32. The van der Waals surface area contributed by atoms with Gasteiger partial charge in [-0.1, -0.05) is 25.8 Å². The SMILES string of the molecule is CCCCC(O)CO.NC(N)=O.Oc1cccc(O)c1O. The third-order valence-electron chi connectivity index (χ3n) is 2.10. The highest BCUT2D eigenvalue weighted by atomic mass is 16.3. The number of carbonyl (C=O) groups is 1. The van der Waals surface area contributed by atoms with Crippen LogP contribution in [0.3, 0.4) is 0 Å². The van der Waals surface area contributed by atoms with E-state index in [1.165, 1.54) is 18.2 Å². The number of unbranched alkanes of at least 4 members (excludes halogenated alkanes) is 1. The van der Waals surface area contributed by atoms with Gasteiger partial charge in [-0.2, -0.15) is 0 Å². The van der Waals surface area contributed by atoms with Crippen LogP contribution in [0.4, 0.5) is 4.79 Å². The fourth-order valence-corrected chi connectivity index (χ4v) is 1.05. The Hall–Kier alpha value is -2.19. The van der Waals surface area contributed by atoms with Gasteiger partial charge in [0.15, 0.2) is 17.2 Å². The monoisotopic (exact) mass is 304 g/mol. The van der Waals surface area contributed by atoms with Crippen molar-refractivity contribution in [3.63, 3.8) is 0 Å². The van der Waals surface area contributed by atoms with Gasteiger partial charge < -0.3 is 37.0 Å². The summed E-state index contributed by atoms with van der Waals surface area (Å²) in [5.41, 5.74) is 8.50. The number of benzene rings is 1. The Morgan fingerprint density at radius 1 is 1.19 bits per heavy atom. The Morgan fingerprint density at radius 3 is 1.90 bits per heavy atom. The first-order chi connectivity index (χ1) is 9.76. The number of aliphatic hydroxyl groups excluding tert-OH is 2. The van der Waals surface area contributed by atoms with Crippen molar-refractivity contribution < 1.29 is 30.3 Å². The highest BCUT2D eigenvalue weighted by Gasteiger charge is 2.01. The molecule has 21 heavy (non-hydrogen) atoms. The van der Waals surface area contributed by atoms with Gasteiger partial charge in [0.1, 0.15) is 0 Å². The van der Waals surface area contributed by atoms with E-state index >= 15 is 0 Å². The van der Waals surface area contributed by atoms with E-state index in [0.717, 1.165) is 19.3 Å². The molecule has 1 unspecified atom stereocenters. The smallest absolute Gasteiger partial charge is 0.309 e. The van der Waals surface area contributed by atoms with E-state index in [0.29, 0.717) is 0 Å². The quantitative estimate of drug-likeness (QED) is 0.396. The first-order valence-electron chi connectivity index (χ1n) is 6.29. The molecule has 0 saturated heterocycles. The number of amides is 2. The van der Waals surface area contributed by atoms with E-state index in [4.69, 9.17) is 30.3 Å². The standard InChI is InChI=1S/C6H6O3.C6H14O2.CH4N2O/c7-4-2-1-3-5(8)6(4)9;1-2-3-4-6(8)5-7;2-1(3)4/h1-3,7-9H;6-8H,2-5H2,1H3;(H4,2,3,4). The second-order valence-electron chi connectivity index (χ2n) is 4.03. The molecular formula is C13H24N2O6. The third kappa shape index (κ3) is 14.0. The highest BCUT2D eigenvalue weighted by molar-refractivity contribution is 5.69. The second-order valence-corrected chi connectivity index (χ2v) is 4.03. The van der Waals surface area contributed by atoms with Gasteiger partial charge in [-0.05, 0) is 18.6 Å². The summed E-state index contributed by atoms with van der Waals surface area (Å²) in [5, 5.41) is 43.1. The molecular weight excluding hydrogens is 280 g/mol. The van der Waals surface area contributed by atoms with Crippen LogP contribution in [-0.2, 0) is 0 Å². The number of aliphatic hydroxyl groups is 2. The predicted molar refractivity (Wildman–Crippen MR) is 77.8 cm³/mol. The zero-order valence-electron chi connectivity index (χ0n) is 11.9. The van der Waals surface area contributed by atoms with Crippen molar-refractivity contribution in [2.24, 2.45) is 11.5 Å². The van der Waals surface area contributed by atoms with Crippen molar-refractivity contribution in [3.8, 4) is 17.2 Å². The van der Waals surface area contributed by atoms with Gasteiger partial charge in [-0.15, -0.1) is 0 Å². The van der Waals surface area contributed by atoms with Gasteiger partial charge in [0.2, 0.25) is 0 Å². The summed E-state index contributed by atoms with van der Waals surface area (Å²) in [7, 11) is 0. The van der Waals surface area contributed by atoms with Gasteiger partial charge >= 0.3 is 6.03 Å². The lowest BCUT2D eigenvalue weighted by molar-refractivity contribution is 0.0865. The Labute approximate surface area is 123 Å². The van der Waals surface area contributed by atoms with Crippen LogP contribution in [0.1, 0.15) is 26.2 Å². The molecule has 1 atom stereocenters. The molecule has 0 spiro atoms. The molecule has 0 bridgehead atoms. The van der Waals surface area contributed by atoms with Crippen molar-refractivity contribution in [2.45, 2.75) is 32.3 Å². The molecule has 9 N–H and O–H groups in total. The number of para-hydroxylation sites is 1. The Morgan fingerprint density at radius 2 is 1.62 bits per heavy atom. The van der Waals surface area contributed by atoms with Gasteiger partial charge in [0.25, 0.3) is 0 Å². The molecule has 2 amide bonds. The topological polar surface area (TPSA) is 170 Å². The molecule has 1 aromatic rings. The average molecular weight is 304 g/mol. The molecule has 8 nitrogen and oxygen atoms in total. The predicted octanol–water partition coefficient (Wildman–Crippen LogP) is 0.357. The van der Waals surface area contributed by atoms with Crippen LogP contribution < -0.4 is 11.5 Å². The van der Waals surface area contributed by atoms with Crippen LogP contribution >= 0.6 is 0 Å². The summed E-state index contributed by atoms with van der Waals surface area (Å²) in [5.74, 6) is -1.09. The maximum absolute atomic E-state index is 9.00. The molecule has 0 aliphatic heterocycles. The van der Waals surface area contributed by atoms with Crippen molar-refractivity contribution in [1.82, 2.24) is 0 Å². The van der Waals surface area contributed by atoms with Gasteiger partial charge in [0, 0.05) is 0 Å². The maximum atomic E-state index is 9.00. The van der Waals surface area contributed by atoms with Crippen molar-refractivity contribution >= 4 is 6.03 Å². The van der Waals surface area contributed by atoms with Gasteiger partial charge in [-0.3, -0.25) is 0 Å². The molecule has 0 radical (unpaired) electrons. The number of nitrogens with two attached hydrogens (primary N) is 2. The number of phenolic OH excluding ortho intramolecular Hbond substituents is 3. The lowest BCUT2D eigenvalue weighted by Gasteiger charge is -2.02. The minimum Gasteiger partial charge on any atom is -0.504 e.